The quantitative estimate of drug-likeness (QED) is 0.762. The van der Waals surface area contributed by atoms with Crippen LogP contribution >= 0.6 is 0 Å². The summed E-state index contributed by atoms with van der Waals surface area (Å²) in [4.78, 5) is 26.5. The van der Waals surface area contributed by atoms with Gasteiger partial charge >= 0.3 is 12.1 Å². The van der Waals surface area contributed by atoms with Crippen molar-refractivity contribution in [2.75, 3.05) is 26.2 Å². The molecule has 140 valence electrons. The van der Waals surface area contributed by atoms with E-state index in [0.29, 0.717) is 6.42 Å². The first kappa shape index (κ1) is 17.2. The number of carbonyl (C=O) groups is 2. The molecule has 0 N–H and O–H groups in total. The molecule has 4 nitrogen and oxygen atoms in total. The molecule has 25 heavy (non-hydrogen) atoms. The van der Waals surface area contributed by atoms with E-state index in [-0.39, 0.29) is 37.5 Å². The lowest BCUT2D eigenvalue weighted by molar-refractivity contribution is -0.187. The van der Waals surface area contributed by atoms with Crippen molar-refractivity contribution in [3.63, 3.8) is 0 Å². The average molecular weight is 358 g/mol. The second kappa shape index (κ2) is 5.88. The summed E-state index contributed by atoms with van der Waals surface area (Å²) >= 11 is 0. The van der Waals surface area contributed by atoms with Crippen molar-refractivity contribution in [1.29, 1.82) is 0 Å². The molecule has 2 amide bonds. The van der Waals surface area contributed by atoms with Crippen LogP contribution < -0.4 is 0 Å². The summed E-state index contributed by atoms with van der Waals surface area (Å²) < 4.78 is 37.5. The summed E-state index contributed by atoms with van der Waals surface area (Å²) in [5.41, 5.74) is 0.144. The van der Waals surface area contributed by atoms with Crippen LogP contribution in [0.1, 0.15) is 44.9 Å². The third-order valence-electron chi connectivity index (χ3n) is 6.85. The van der Waals surface area contributed by atoms with Crippen molar-refractivity contribution in [1.82, 2.24) is 9.80 Å². The molecule has 5 aliphatic rings. The van der Waals surface area contributed by atoms with Gasteiger partial charge in [-0.2, -0.15) is 13.2 Å². The Kier molecular flexibility index (Phi) is 4.03. The Morgan fingerprint density at radius 2 is 1.28 bits per heavy atom. The predicted molar refractivity (Wildman–Crippen MR) is 84.4 cm³/mol. The Labute approximate surface area is 145 Å². The van der Waals surface area contributed by atoms with E-state index < -0.39 is 12.1 Å². The van der Waals surface area contributed by atoms with Crippen LogP contribution in [0.3, 0.4) is 0 Å². The Balaban J connectivity index is 1.33. The second-order valence-corrected chi connectivity index (χ2v) is 8.77. The number of alkyl halides is 3. The van der Waals surface area contributed by atoms with E-state index in [1.54, 1.807) is 4.90 Å². The van der Waals surface area contributed by atoms with E-state index in [0.717, 1.165) is 41.9 Å². The monoisotopic (exact) mass is 358 g/mol. The number of hydrogen-bond donors (Lipinski definition) is 0. The van der Waals surface area contributed by atoms with Gasteiger partial charge in [0.1, 0.15) is 0 Å². The first-order valence-electron chi connectivity index (χ1n) is 9.38. The summed E-state index contributed by atoms with van der Waals surface area (Å²) in [7, 11) is 0. The summed E-state index contributed by atoms with van der Waals surface area (Å²) in [6.45, 7) is 0.385. The lowest BCUT2D eigenvalue weighted by Gasteiger charge is -2.57. The number of halogens is 3. The Morgan fingerprint density at radius 1 is 0.840 bits per heavy atom. The number of carbonyl (C=O) groups excluding carboxylic acids is 2. The average Bonchev–Trinajstić information content (AvgIpc) is 2.51. The smallest absolute Gasteiger partial charge is 0.339 e. The Hall–Kier alpha value is -1.27. The highest BCUT2D eigenvalue weighted by Crippen LogP contribution is 2.61. The van der Waals surface area contributed by atoms with Gasteiger partial charge in [0.25, 0.3) is 0 Å². The van der Waals surface area contributed by atoms with E-state index in [1.807, 2.05) is 0 Å². The Morgan fingerprint density at radius 3 is 1.72 bits per heavy atom. The molecule has 4 aliphatic carbocycles. The lowest BCUT2D eigenvalue weighted by atomic mass is 9.49. The summed E-state index contributed by atoms with van der Waals surface area (Å²) in [5.74, 6) is 0.614. The number of nitrogens with zero attached hydrogens (tertiary/aromatic N) is 2. The Bertz CT molecular complexity index is 532. The molecule has 0 aromatic rings. The fourth-order valence-corrected chi connectivity index (χ4v) is 6.28. The van der Waals surface area contributed by atoms with Gasteiger partial charge in [0.05, 0.1) is 0 Å². The topological polar surface area (TPSA) is 40.6 Å². The number of rotatable bonds is 2. The SMILES string of the molecule is O=C(CC12CC3CC(CC(C3)C1)C2)N1CCN(C(=O)C(F)(F)F)CC1. The van der Waals surface area contributed by atoms with E-state index in [1.165, 1.54) is 19.3 Å². The van der Waals surface area contributed by atoms with Crippen LogP contribution in [-0.4, -0.2) is 54.0 Å². The molecule has 7 heteroatoms. The van der Waals surface area contributed by atoms with E-state index in [4.69, 9.17) is 0 Å². The number of hydrogen-bond acceptors (Lipinski definition) is 2. The molecular formula is C18H25F3N2O2. The fraction of sp³-hybridized carbons (Fsp3) is 0.889. The standard InChI is InChI=1S/C18H25F3N2O2/c19-18(20,21)16(25)23-3-1-22(2-4-23)15(24)11-17-8-12-5-13(9-17)7-14(6-12)10-17/h12-14H,1-11H2. The molecule has 0 atom stereocenters. The largest absolute Gasteiger partial charge is 0.471 e. The molecule has 0 aromatic carbocycles. The van der Waals surface area contributed by atoms with Gasteiger partial charge in [-0.1, -0.05) is 0 Å². The molecular weight excluding hydrogens is 333 g/mol. The minimum atomic E-state index is -4.83. The van der Waals surface area contributed by atoms with Gasteiger partial charge in [0.15, 0.2) is 0 Å². The van der Waals surface area contributed by atoms with Gasteiger partial charge < -0.3 is 9.80 Å². The molecule has 1 aliphatic heterocycles. The van der Waals surface area contributed by atoms with Gasteiger partial charge in [-0.3, -0.25) is 9.59 Å². The van der Waals surface area contributed by atoms with E-state index >= 15 is 0 Å². The zero-order chi connectivity index (χ0) is 17.8. The van der Waals surface area contributed by atoms with Crippen LogP contribution in [0.5, 0.6) is 0 Å². The highest BCUT2D eigenvalue weighted by molar-refractivity contribution is 5.82. The van der Waals surface area contributed by atoms with Crippen LogP contribution in [0, 0.1) is 23.2 Å². The van der Waals surface area contributed by atoms with Gasteiger partial charge in [0, 0.05) is 32.6 Å². The molecule has 0 unspecified atom stereocenters. The molecule has 4 saturated carbocycles. The van der Waals surface area contributed by atoms with Crippen LogP contribution in [-0.2, 0) is 9.59 Å². The first-order chi connectivity index (χ1) is 11.7. The number of piperazine rings is 1. The maximum Gasteiger partial charge on any atom is 0.471 e. The van der Waals surface area contributed by atoms with Crippen LogP contribution in [0.2, 0.25) is 0 Å². The highest BCUT2D eigenvalue weighted by atomic mass is 19.4. The zero-order valence-corrected chi connectivity index (χ0v) is 14.4. The van der Waals surface area contributed by atoms with Gasteiger partial charge in [0.2, 0.25) is 5.91 Å². The maximum atomic E-state index is 12.8. The molecule has 5 rings (SSSR count). The van der Waals surface area contributed by atoms with Crippen molar-refractivity contribution < 1.29 is 22.8 Å². The van der Waals surface area contributed by atoms with E-state index in [2.05, 4.69) is 0 Å². The van der Waals surface area contributed by atoms with Gasteiger partial charge in [-0.25, -0.2) is 0 Å². The van der Waals surface area contributed by atoms with Gasteiger partial charge in [-0.05, 0) is 61.7 Å². The number of amides is 2. The van der Waals surface area contributed by atoms with Crippen molar-refractivity contribution in [3.8, 4) is 0 Å². The second-order valence-electron chi connectivity index (χ2n) is 8.77. The normalized spacial score (nSPS) is 37.5. The minimum Gasteiger partial charge on any atom is -0.339 e. The molecule has 5 fully saturated rings. The molecule has 0 spiro atoms. The van der Waals surface area contributed by atoms with Crippen LogP contribution in [0.4, 0.5) is 13.2 Å². The van der Waals surface area contributed by atoms with E-state index in [9.17, 15) is 22.8 Å². The molecule has 4 bridgehead atoms. The summed E-state index contributed by atoms with van der Waals surface area (Å²) in [6, 6.07) is 0. The van der Waals surface area contributed by atoms with Crippen molar-refractivity contribution in [2.45, 2.75) is 51.1 Å². The zero-order valence-electron chi connectivity index (χ0n) is 14.4. The predicted octanol–water partition coefficient (Wildman–Crippen LogP) is 2.83. The maximum absolute atomic E-state index is 12.8. The minimum absolute atomic E-state index is 0.0229. The summed E-state index contributed by atoms with van der Waals surface area (Å²) in [6.07, 6.45) is 3.14. The van der Waals surface area contributed by atoms with Gasteiger partial charge in [-0.15, -0.1) is 0 Å². The lowest BCUT2D eigenvalue weighted by Crippen LogP contribution is -2.55. The van der Waals surface area contributed by atoms with Crippen LogP contribution in [0.15, 0.2) is 0 Å². The van der Waals surface area contributed by atoms with Crippen LogP contribution in [0.25, 0.3) is 0 Å². The highest BCUT2D eigenvalue weighted by Gasteiger charge is 2.52. The molecule has 0 radical (unpaired) electrons. The van der Waals surface area contributed by atoms with Crippen molar-refractivity contribution in [3.05, 3.63) is 0 Å². The third kappa shape index (κ3) is 3.26. The fourth-order valence-electron chi connectivity index (χ4n) is 6.28. The van der Waals surface area contributed by atoms with Crippen molar-refractivity contribution >= 4 is 11.8 Å². The molecule has 1 saturated heterocycles. The summed E-state index contributed by atoms with van der Waals surface area (Å²) in [5, 5.41) is 0. The molecule has 0 aromatic heterocycles. The van der Waals surface area contributed by atoms with Crippen molar-refractivity contribution in [2.24, 2.45) is 23.2 Å². The third-order valence-corrected chi connectivity index (χ3v) is 6.85. The molecule has 1 heterocycles. The first-order valence-corrected chi connectivity index (χ1v) is 9.38.